The summed E-state index contributed by atoms with van der Waals surface area (Å²) in [6, 6.07) is 9.35. The summed E-state index contributed by atoms with van der Waals surface area (Å²) in [5, 5.41) is 12.2. The topological polar surface area (TPSA) is 26.3 Å². The van der Waals surface area contributed by atoms with Crippen LogP contribution in [0.1, 0.15) is 19.4 Å². The number of benzene rings is 1. The smallest absolute Gasteiger partial charge is 0.144 e. The molecule has 0 aliphatic carbocycles. The van der Waals surface area contributed by atoms with Gasteiger partial charge in [0.15, 0.2) is 0 Å². The zero-order valence-electron chi connectivity index (χ0n) is 13.6. The fourth-order valence-electron chi connectivity index (χ4n) is 1.91. The van der Waals surface area contributed by atoms with Gasteiger partial charge in [-0.1, -0.05) is 50.1 Å². The summed E-state index contributed by atoms with van der Waals surface area (Å²) in [6.45, 7) is 7.73. The standard InChI is InChI=1S/C18H26N2O/c1-5-19(6-2)14-10-11-15-20(3,4)16-18(21)17-12-8-7-9-13-17/h7-9,12-13,16H,5-6,14-15H2,1-4H3/b18-16-. The number of hydrogen-bond donors (Lipinski definition) is 0. The second kappa shape index (κ2) is 8.51. The molecule has 21 heavy (non-hydrogen) atoms. The van der Waals surface area contributed by atoms with Crippen molar-refractivity contribution in [1.82, 2.24) is 4.90 Å². The van der Waals surface area contributed by atoms with Gasteiger partial charge in [-0.15, -0.1) is 0 Å². The van der Waals surface area contributed by atoms with Crippen molar-refractivity contribution in [3.8, 4) is 11.8 Å². The summed E-state index contributed by atoms with van der Waals surface area (Å²) in [7, 11) is 3.99. The number of hydrogen-bond acceptors (Lipinski definition) is 2. The van der Waals surface area contributed by atoms with Crippen LogP contribution in [0.3, 0.4) is 0 Å². The van der Waals surface area contributed by atoms with Crippen LogP contribution in [0.25, 0.3) is 5.76 Å². The SMILES string of the molecule is CCN(CC)CC#CC[N+](C)(C)/C=C(\[O-])c1ccccc1. The van der Waals surface area contributed by atoms with Gasteiger partial charge >= 0.3 is 0 Å². The first-order valence-electron chi connectivity index (χ1n) is 7.44. The van der Waals surface area contributed by atoms with E-state index in [1.165, 1.54) is 0 Å². The van der Waals surface area contributed by atoms with Crippen molar-refractivity contribution in [3.63, 3.8) is 0 Å². The van der Waals surface area contributed by atoms with Crippen LogP contribution in [0.15, 0.2) is 36.5 Å². The molecule has 0 unspecified atom stereocenters. The highest BCUT2D eigenvalue weighted by Gasteiger charge is 2.09. The van der Waals surface area contributed by atoms with Gasteiger partial charge < -0.3 is 5.11 Å². The second-order valence-electron chi connectivity index (χ2n) is 5.61. The molecule has 0 aliphatic heterocycles. The fourth-order valence-corrected chi connectivity index (χ4v) is 1.91. The van der Waals surface area contributed by atoms with E-state index < -0.39 is 0 Å². The zero-order valence-corrected chi connectivity index (χ0v) is 13.6. The third-order valence-electron chi connectivity index (χ3n) is 3.33. The molecule has 0 aliphatic rings. The Morgan fingerprint density at radius 2 is 1.76 bits per heavy atom. The molecule has 0 saturated heterocycles. The maximum atomic E-state index is 12.2. The molecule has 3 heteroatoms. The van der Waals surface area contributed by atoms with Crippen molar-refractivity contribution >= 4 is 5.76 Å². The predicted molar refractivity (Wildman–Crippen MR) is 87.0 cm³/mol. The predicted octanol–water partition coefficient (Wildman–Crippen LogP) is 1.77. The summed E-state index contributed by atoms with van der Waals surface area (Å²) in [5.41, 5.74) is 0.722. The van der Waals surface area contributed by atoms with Crippen molar-refractivity contribution in [2.24, 2.45) is 0 Å². The molecule has 0 N–H and O–H groups in total. The Labute approximate surface area is 129 Å². The molecule has 0 bridgehead atoms. The normalized spacial score (nSPS) is 12.1. The van der Waals surface area contributed by atoms with E-state index in [-0.39, 0.29) is 5.76 Å². The molecule has 0 radical (unpaired) electrons. The number of nitrogens with zero attached hydrogens (tertiary/aromatic N) is 2. The van der Waals surface area contributed by atoms with Gasteiger partial charge in [0.1, 0.15) is 6.54 Å². The quantitative estimate of drug-likeness (QED) is 0.452. The van der Waals surface area contributed by atoms with Crippen LogP contribution in [0.5, 0.6) is 0 Å². The van der Waals surface area contributed by atoms with E-state index in [4.69, 9.17) is 0 Å². The van der Waals surface area contributed by atoms with Crippen molar-refractivity contribution in [2.45, 2.75) is 13.8 Å². The highest BCUT2D eigenvalue weighted by Crippen LogP contribution is 2.10. The van der Waals surface area contributed by atoms with Gasteiger partial charge in [0.25, 0.3) is 0 Å². The molecular weight excluding hydrogens is 260 g/mol. The monoisotopic (exact) mass is 286 g/mol. The van der Waals surface area contributed by atoms with E-state index in [2.05, 4.69) is 30.6 Å². The molecule has 1 aromatic carbocycles. The van der Waals surface area contributed by atoms with E-state index in [1.54, 1.807) is 6.20 Å². The van der Waals surface area contributed by atoms with Crippen LogP contribution in [0, 0.1) is 11.8 Å². The molecule has 0 heterocycles. The van der Waals surface area contributed by atoms with Crippen LogP contribution in [0.2, 0.25) is 0 Å². The Bertz CT molecular complexity index is 505. The first kappa shape index (κ1) is 17.3. The lowest BCUT2D eigenvalue weighted by Crippen LogP contribution is -2.35. The molecule has 3 nitrogen and oxygen atoms in total. The van der Waals surface area contributed by atoms with Gasteiger partial charge in [-0.3, -0.25) is 9.38 Å². The van der Waals surface area contributed by atoms with Gasteiger partial charge in [-0.05, 0) is 30.3 Å². The van der Waals surface area contributed by atoms with E-state index in [0.717, 1.165) is 25.2 Å². The first-order chi connectivity index (χ1) is 9.98. The lowest BCUT2D eigenvalue weighted by atomic mass is 10.2. The molecule has 0 spiro atoms. The van der Waals surface area contributed by atoms with Gasteiger partial charge in [-0.2, -0.15) is 0 Å². The summed E-state index contributed by atoms with van der Waals surface area (Å²) in [6.07, 6.45) is 1.72. The minimum atomic E-state index is 0.0474. The molecule has 0 aromatic heterocycles. The fraction of sp³-hybridized carbons (Fsp3) is 0.444. The Morgan fingerprint density at radius 3 is 2.33 bits per heavy atom. The molecule has 114 valence electrons. The Kier molecular flexibility index (Phi) is 7.01. The van der Waals surface area contributed by atoms with Gasteiger partial charge in [0.05, 0.1) is 26.8 Å². The van der Waals surface area contributed by atoms with Gasteiger partial charge in [0.2, 0.25) is 0 Å². The molecule has 0 saturated carbocycles. The second-order valence-corrected chi connectivity index (χ2v) is 5.61. The minimum Gasteiger partial charge on any atom is -0.868 e. The maximum Gasteiger partial charge on any atom is 0.144 e. The first-order valence-corrected chi connectivity index (χ1v) is 7.44. The number of rotatable bonds is 6. The maximum absolute atomic E-state index is 12.2. The van der Waals surface area contributed by atoms with Crippen molar-refractivity contribution in [3.05, 3.63) is 42.1 Å². The summed E-state index contributed by atoms with van der Waals surface area (Å²) in [4.78, 5) is 2.27. The molecule has 0 fully saturated rings. The highest BCUT2D eigenvalue weighted by molar-refractivity contribution is 5.55. The minimum absolute atomic E-state index is 0.0474. The van der Waals surface area contributed by atoms with Gasteiger partial charge in [-0.25, -0.2) is 0 Å². The lowest BCUT2D eigenvalue weighted by Gasteiger charge is -2.26. The van der Waals surface area contributed by atoms with E-state index in [0.29, 0.717) is 11.0 Å². The van der Waals surface area contributed by atoms with Crippen LogP contribution >= 0.6 is 0 Å². The Balaban J connectivity index is 2.63. The lowest BCUT2D eigenvalue weighted by molar-refractivity contribution is -0.831. The third-order valence-corrected chi connectivity index (χ3v) is 3.33. The largest absolute Gasteiger partial charge is 0.868 e. The van der Waals surface area contributed by atoms with Crippen molar-refractivity contribution in [1.29, 1.82) is 0 Å². The van der Waals surface area contributed by atoms with E-state index >= 15 is 0 Å². The highest BCUT2D eigenvalue weighted by atomic mass is 16.3. The van der Waals surface area contributed by atoms with Crippen molar-refractivity contribution < 1.29 is 9.59 Å². The summed E-state index contributed by atoms with van der Waals surface area (Å²) >= 11 is 0. The number of quaternary nitrogens is 1. The van der Waals surface area contributed by atoms with E-state index in [9.17, 15) is 5.11 Å². The van der Waals surface area contributed by atoms with Crippen LogP contribution in [-0.2, 0) is 0 Å². The van der Waals surface area contributed by atoms with Crippen LogP contribution in [0.4, 0.5) is 0 Å². The molecule has 1 aromatic rings. The summed E-state index contributed by atoms with van der Waals surface area (Å²) in [5.74, 6) is 6.41. The molecule has 0 atom stereocenters. The Morgan fingerprint density at radius 1 is 1.14 bits per heavy atom. The molecule has 1 rings (SSSR count). The molecule has 0 amide bonds. The van der Waals surface area contributed by atoms with Gasteiger partial charge in [0, 0.05) is 0 Å². The van der Waals surface area contributed by atoms with Crippen molar-refractivity contribution in [2.75, 3.05) is 40.3 Å². The third kappa shape index (κ3) is 6.48. The zero-order chi connectivity index (χ0) is 15.7. The van der Waals surface area contributed by atoms with Crippen LogP contribution < -0.4 is 5.11 Å². The average Bonchev–Trinajstić information content (AvgIpc) is 2.48. The Hall–Kier alpha value is -1.76. The average molecular weight is 286 g/mol. The van der Waals surface area contributed by atoms with E-state index in [1.807, 2.05) is 44.4 Å². The molecular formula is C18H26N2O. The summed E-state index contributed by atoms with van der Waals surface area (Å²) < 4.78 is 0.471. The van der Waals surface area contributed by atoms with Crippen LogP contribution in [-0.4, -0.2) is 49.7 Å².